The van der Waals surface area contributed by atoms with Gasteiger partial charge in [-0.2, -0.15) is 0 Å². The average Bonchev–Trinajstić information content (AvgIpc) is 2.56. The first-order valence-corrected chi connectivity index (χ1v) is 10.1. The van der Waals surface area contributed by atoms with Gasteiger partial charge in [-0.05, 0) is 72.6 Å². The summed E-state index contributed by atoms with van der Waals surface area (Å²) in [4.78, 5) is 14.9. The summed E-state index contributed by atoms with van der Waals surface area (Å²) < 4.78 is 0. The van der Waals surface area contributed by atoms with Crippen LogP contribution >= 0.6 is 0 Å². The van der Waals surface area contributed by atoms with E-state index in [1.54, 1.807) is 0 Å². The number of carbonyl (C=O) groups is 1. The first-order valence-electron chi connectivity index (χ1n) is 10.1. The molecule has 0 fully saturated rings. The van der Waals surface area contributed by atoms with Crippen molar-refractivity contribution in [3.63, 3.8) is 0 Å². The lowest BCUT2D eigenvalue weighted by atomic mass is 9.86. The summed E-state index contributed by atoms with van der Waals surface area (Å²) in [6, 6.07) is 11.4. The zero-order valence-electron chi connectivity index (χ0n) is 17.8. The molecule has 1 aliphatic rings. The first kappa shape index (κ1) is 19.7. The van der Waals surface area contributed by atoms with Crippen LogP contribution in [-0.4, -0.2) is 12.3 Å². The number of hydrogen-bond donors (Lipinski definition) is 0. The minimum Gasteiger partial charge on any atom is -0.367 e. The summed E-state index contributed by atoms with van der Waals surface area (Å²) in [5.74, 6) is 0.337. The smallest absolute Gasteiger partial charge is 0.137 e. The van der Waals surface area contributed by atoms with Gasteiger partial charge in [0.1, 0.15) is 5.78 Å². The summed E-state index contributed by atoms with van der Waals surface area (Å²) in [7, 11) is 0. The van der Waals surface area contributed by atoms with Gasteiger partial charge in [-0.1, -0.05) is 44.5 Å². The summed E-state index contributed by atoms with van der Waals surface area (Å²) >= 11 is 0. The third-order valence-corrected chi connectivity index (χ3v) is 5.52. The second-order valence-electron chi connectivity index (χ2n) is 9.45. The van der Waals surface area contributed by atoms with Crippen molar-refractivity contribution >= 4 is 11.5 Å². The lowest BCUT2D eigenvalue weighted by Crippen LogP contribution is -2.30. The van der Waals surface area contributed by atoms with Gasteiger partial charge in [0.05, 0.1) is 0 Å². The van der Waals surface area contributed by atoms with Gasteiger partial charge in [-0.3, -0.25) is 4.79 Å². The largest absolute Gasteiger partial charge is 0.367 e. The zero-order chi connectivity index (χ0) is 19.8. The molecule has 1 aliphatic heterocycles. The summed E-state index contributed by atoms with van der Waals surface area (Å²) in [5.41, 5.74) is 9.29. The molecule has 27 heavy (non-hydrogen) atoms. The molecule has 2 aromatic rings. The highest BCUT2D eigenvalue weighted by Gasteiger charge is 2.20. The van der Waals surface area contributed by atoms with Crippen LogP contribution in [0.25, 0.3) is 0 Å². The molecule has 2 heteroatoms. The van der Waals surface area contributed by atoms with E-state index in [-0.39, 0.29) is 5.41 Å². The molecular weight excluding hydrogens is 330 g/mol. The monoisotopic (exact) mass is 363 g/mol. The molecule has 0 saturated carbocycles. The van der Waals surface area contributed by atoms with Gasteiger partial charge < -0.3 is 4.90 Å². The Bertz CT molecular complexity index is 834. The number of benzene rings is 2. The second kappa shape index (κ2) is 7.50. The number of carbonyl (C=O) groups excluding carboxylic acids is 1. The maximum Gasteiger partial charge on any atom is 0.137 e. The zero-order valence-corrected chi connectivity index (χ0v) is 17.8. The molecule has 2 nitrogen and oxygen atoms in total. The molecule has 3 rings (SSSR count). The molecule has 144 valence electrons. The second-order valence-corrected chi connectivity index (χ2v) is 9.45. The minimum atomic E-state index is 0.0539. The van der Waals surface area contributed by atoms with Crippen LogP contribution < -0.4 is 4.90 Å². The number of hydrogen-bond acceptors (Lipinski definition) is 2. The highest BCUT2D eigenvalue weighted by atomic mass is 16.1. The van der Waals surface area contributed by atoms with Crippen molar-refractivity contribution in [3.05, 3.63) is 63.7 Å². The quantitative estimate of drug-likeness (QED) is 0.692. The fourth-order valence-corrected chi connectivity index (χ4v) is 4.19. The number of ketones is 1. The van der Waals surface area contributed by atoms with Crippen LogP contribution in [0, 0.1) is 26.2 Å². The molecule has 0 aliphatic carbocycles. The molecule has 2 aromatic carbocycles. The molecule has 0 N–H and O–H groups in total. The van der Waals surface area contributed by atoms with Crippen LogP contribution in [0.1, 0.15) is 60.6 Å². The van der Waals surface area contributed by atoms with Gasteiger partial charge in [-0.25, -0.2) is 0 Å². The van der Waals surface area contributed by atoms with Crippen LogP contribution in [0.15, 0.2) is 30.3 Å². The van der Waals surface area contributed by atoms with E-state index < -0.39 is 0 Å². The molecule has 0 unspecified atom stereocenters. The topological polar surface area (TPSA) is 20.3 Å². The van der Waals surface area contributed by atoms with E-state index in [1.165, 1.54) is 39.1 Å². The number of rotatable bonds is 4. The number of anilines is 1. The molecule has 0 bridgehead atoms. The van der Waals surface area contributed by atoms with E-state index in [9.17, 15) is 4.79 Å². The van der Waals surface area contributed by atoms with Gasteiger partial charge in [0.15, 0.2) is 0 Å². The molecule has 0 atom stereocenters. The van der Waals surface area contributed by atoms with Crippen molar-refractivity contribution in [2.24, 2.45) is 5.41 Å². The number of nitrogens with zero attached hydrogens (tertiary/aromatic N) is 1. The van der Waals surface area contributed by atoms with Gasteiger partial charge in [0.2, 0.25) is 0 Å². The van der Waals surface area contributed by atoms with Crippen molar-refractivity contribution in [1.29, 1.82) is 0 Å². The molecule has 1 heterocycles. The number of Topliss-reactive ketones (excluding diaryl/α,β-unsaturated/α-hetero) is 1. The third-order valence-electron chi connectivity index (χ3n) is 5.52. The Kier molecular flexibility index (Phi) is 5.46. The highest BCUT2D eigenvalue weighted by molar-refractivity contribution is 5.82. The Hall–Kier alpha value is -2.09. The van der Waals surface area contributed by atoms with Crippen LogP contribution in [-0.2, 0) is 24.2 Å². The average molecular weight is 364 g/mol. The van der Waals surface area contributed by atoms with Crippen molar-refractivity contribution < 1.29 is 4.79 Å². The molecule has 0 spiro atoms. The fraction of sp³-hybridized carbons (Fsp3) is 0.480. The van der Waals surface area contributed by atoms with Crippen molar-refractivity contribution in [2.45, 2.75) is 67.3 Å². The summed E-state index contributed by atoms with van der Waals surface area (Å²) in [5, 5.41) is 0. The Labute approximate surface area is 164 Å². The molecule has 0 aromatic heterocycles. The van der Waals surface area contributed by atoms with Crippen LogP contribution in [0.3, 0.4) is 0 Å². The highest BCUT2D eigenvalue weighted by Crippen LogP contribution is 2.29. The van der Waals surface area contributed by atoms with Gasteiger partial charge in [0, 0.05) is 31.6 Å². The normalized spacial score (nSPS) is 14.2. The van der Waals surface area contributed by atoms with Crippen molar-refractivity contribution in [1.82, 2.24) is 0 Å². The molecule has 0 amide bonds. The van der Waals surface area contributed by atoms with Gasteiger partial charge >= 0.3 is 0 Å². The predicted molar refractivity (Wildman–Crippen MR) is 115 cm³/mol. The third kappa shape index (κ3) is 4.80. The van der Waals surface area contributed by atoms with Crippen LogP contribution in [0.5, 0.6) is 0 Å². The first-order chi connectivity index (χ1) is 12.6. The predicted octanol–water partition coefficient (Wildman–Crippen LogP) is 5.72. The number of aryl methyl sites for hydroxylation is 3. The Morgan fingerprint density at radius 3 is 2.30 bits per heavy atom. The Morgan fingerprint density at radius 1 is 1.00 bits per heavy atom. The summed E-state index contributed by atoms with van der Waals surface area (Å²) in [6.07, 6.45) is 2.29. The van der Waals surface area contributed by atoms with Crippen LogP contribution in [0.4, 0.5) is 5.69 Å². The number of fused-ring (bicyclic) bond motifs is 1. The molecule has 0 saturated heterocycles. The van der Waals surface area contributed by atoms with Crippen LogP contribution in [0.2, 0.25) is 0 Å². The van der Waals surface area contributed by atoms with E-state index in [0.717, 1.165) is 19.5 Å². The maximum absolute atomic E-state index is 12.5. The van der Waals surface area contributed by atoms with Gasteiger partial charge in [0.25, 0.3) is 0 Å². The standard InChI is InChI=1S/C25H33NO/c1-17-7-8-21-16-26(10-9-20(21)11-17)22-12-18(2)24(19(3)13-22)14-23(27)15-25(4,5)6/h7-8,11-13H,9-10,14-16H2,1-6H3. The lowest BCUT2D eigenvalue weighted by molar-refractivity contribution is -0.120. The van der Waals surface area contributed by atoms with Crippen molar-refractivity contribution in [2.75, 3.05) is 11.4 Å². The van der Waals surface area contributed by atoms with Gasteiger partial charge in [-0.15, -0.1) is 0 Å². The Morgan fingerprint density at radius 2 is 1.67 bits per heavy atom. The molecular formula is C25H33NO. The van der Waals surface area contributed by atoms with E-state index in [4.69, 9.17) is 0 Å². The van der Waals surface area contributed by atoms with E-state index in [1.807, 2.05) is 0 Å². The summed E-state index contributed by atoms with van der Waals surface area (Å²) in [6.45, 7) is 14.9. The SMILES string of the molecule is Cc1ccc2c(c1)CCN(c1cc(C)c(CC(=O)CC(C)(C)C)c(C)c1)C2. The molecule has 0 radical (unpaired) electrons. The Balaban J connectivity index is 1.79. The van der Waals surface area contributed by atoms with Crippen molar-refractivity contribution in [3.8, 4) is 0 Å². The van der Waals surface area contributed by atoms with E-state index in [2.05, 4.69) is 76.8 Å². The fourth-order valence-electron chi connectivity index (χ4n) is 4.19. The lowest BCUT2D eigenvalue weighted by Gasteiger charge is -2.32. The maximum atomic E-state index is 12.5. The minimum absolute atomic E-state index is 0.0539. The van der Waals surface area contributed by atoms with E-state index in [0.29, 0.717) is 18.6 Å². The van der Waals surface area contributed by atoms with E-state index >= 15 is 0 Å².